The van der Waals surface area contributed by atoms with Crippen molar-refractivity contribution < 1.29 is 13.7 Å². The molecule has 0 aromatic carbocycles. The van der Waals surface area contributed by atoms with Crippen molar-refractivity contribution in [3.8, 4) is 11.4 Å². The normalized spacial score (nSPS) is 21.7. The lowest BCUT2D eigenvalue weighted by Crippen LogP contribution is -2.48. The van der Waals surface area contributed by atoms with E-state index >= 15 is 0 Å². The largest absolute Gasteiger partial charge is 0.472 e. The van der Waals surface area contributed by atoms with E-state index in [9.17, 15) is 4.79 Å². The van der Waals surface area contributed by atoms with Crippen LogP contribution in [-0.4, -0.2) is 35.2 Å². The highest BCUT2D eigenvalue weighted by molar-refractivity contribution is 5.76. The first-order valence-electron chi connectivity index (χ1n) is 7.57. The minimum absolute atomic E-state index is 0.0295. The van der Waals surface area contributed by atoms with E-state index in [4.69, 9.17) is 8.94 Å². The smallest absolute Gasteiger partial charge is 0.227 e. The summed E-state index contributed by atoms with van der Waals surface area (Å²) in [6.45, 7) is 4.04. The second-order valence-corrected chi connectivity index (χ2v) is 5.67. The molecule has 22 heavy (non-hydrogen) atoms. The zero-order valence-electron chi connectivity index (χ0n) is 12.5. The Bertz CT molecular complexity index is 608. The van der Waals surface area contributed by atoms with Crippen molar-refractivity contribution in [2.75, 3.05) is 13.1 Å². The fourth-order valence-electron chi connectivity index (χ4n) is 2.59. The molecule has 0 bridgehead atoms. The summed E-state index contributed by atoms with van der Waals surface area (Å²) in [5.41, 5.74) is 0.767. The molecular weight excluding hydrogens is 284 g/mol. The summed E-state index contributed by atoms with van der Waals surface area (Å²) >= 11 is 0. The summed E-state index contributed by atoms with van der Waals surface area (Å²) in [5.74, 6) is 1.43. The highest BCUT2D eigenvalue weighted by Gasteiger charge is 2.22. The van der Waals surface area contributed by atoms with E-state index in [-0.39, 0.29) is 11.9 Å². The van der Waals surface area contributed by atoms with Crippen LogP contribution in [0.25, 0.3) is 11.4 Å². The lowest BCUT2D eigenvalue weighted by Gasteiger charge is -2.30. The van der Waals surface area contributed by atoms with Crippen LogP contribution in [0.4, 0.5) is 0 Å². The van der Waals surface area contributed by atoms with Gasteiger partial charge in [-0.2, -0.15) is 4.98 Å². The number of hydrogen-bond donors (Lipinski definition) is 2. The molecule has 0 saturated carbocycles. The quantitative estimate of drug-likeness (QED) is 0.866. The van der Waals surface area contributed by atoms with E-state index in [1.54, 1.807) is 18.6 Å². The molecular formula is C15H20N4O3. The number of furan rings is 1. The summed E-state index contributed by atoms with van der Waals surface area (Å²) in [6.07, 6.45) is 4.87. The molecule has 1 amide bonds. The van der Waals surface area contributed by atoms with Gasteiger partial charge in [0, 0.05) is 18.9 Å². The number of carbonyl (C=O) groups excluding carboxylic acids is 1. The second kappa shape index (κ2) is 6.74. The lowest BCUT2D eigenvalue weighted by molar-refractivity contribution is -0.122. The standard InChI is InChI=1S/C15H20N4O3/c1-10-8-16-6-4-12(10)17-13(20)2-3-14-18-15(19-22-14)11-5-7-21-9-11/h5,7,9-10,12,16H,2-4,6,8H2,1H3,(H,17,20). The van der Waals surface area contributed by atoms with Gasteiger partial charge in [-0.15, -0.1) is 0 Å². The minimum Gasteiger partial charge on any atom is -0.472 e. The average Bonchev–Trinajstić information content (AvgIpc) is 3.18. The first-order valence-corrected chi connectivity index (χ1v) is 7.57. The maximum Gasteiger partial charge on any atom is 0.227 e. The van der Waals surface area contributed by atoms with Crippen LogP contribution in [-0.2, 0) is 11.2 Å². The van der Waals surface area contributed by atoms with Crippen molar-refractivity contribution in [1.82, 2.24) is 20.8 Å². The van der Waals surface area contributed by atoms with Crippen molar-refractivity contribution in [3.05, 3.63) is 24.5 Å². The van der Waals surface area contributed by atoms with Crippen LogP contribution >= 0.6 is 0 Å². The molecule has 1 fully saturated rings. The monoisotopic (exact) mass is 304 g/mol. The molecule has 118 valence electrons. The molecule has 7 nitrogen and oxygen atoms in total. The molecule has 1 aliphatic rings. The molecule has 2 aromatic rings. The van der Waals surface area contributed by atoms with Gasteiger partial charge < -0.3 is 19.6 Å². The number of amides is 1. The van der Waals surface area contributed by atoms with E-state index in [0.717, 1.165) is 25.1 Å². The first-order chi connectivity index (χ1) is 10.7. The number of carbonyl (C=O) groups is 1. The molecule has 3 rings (SSSR count). The summed E-state index contributed by atoms with van der Waals surface area (Å²) in [4.78, 5) is 16.3. The first kappa shape index (κ1) is 14.8. The van der Waals surface area contributed by atoms with Gasteiger partial charge in [0.1, 0.15) is 6.26 Å². The molecule has 3 heterocycles. The van der Waals surface area contributed by atoms with Crippen LogP contribution in [0.3, 0.4) is 0 Å². The van der Waals surface area contributed by atoms with Gasteiger partial charge in [0.25, 0.3) is 0 Å². The second-order valence-electron chi connectivity index (χ2n) is 5.67. The van der Waals surface area contributed by atoms with E-state index < -0.39 is 0 Å². The third kappa shape index (κ3) is 3.54. The summed E-state index contributed by atoms with van der Waals surface area (Å²) in [6, 6.07) is 2.01. The van der Waals surface area contributed by atoms with Crippen molar-refractivity contribution >= 4 is 5.91 Å². The van der Waals surface area contributed by atoms with Crippen LogP contribution in [0.5, 0.6) is 0 Å². The van der Waals surface area contributed by atoms with E-state index in [0.29, 0.717) is 30.5 Å². The van der Waals surface area contributed by atoms with Gasteiger partial charge in [-0.1, -0.05) is 12.1 Å². The Morgan fingerprint density at radius 1 is 1.55 bits per heavy atom. The SMILES string of the molecule is CC1CNCCC1NC(=O)CCc1nc(-c2ccoc2)no1. The van der Waals surface area contributed by atoms with Crippen molar-refractivity contribution in [2.24, 2.45) is 5.92 Å². The number of nitrogens with zero attached hydrogens (tertiary/aromatic N) is 2. The van der Waals surface area contributed by atoms with Gasteiger partial charge >= 0.3 is 0 Å². The van der Waals surface area contributed by atoms with Crippen LogP contribution < -0.4 is 10.6 Å². The maximum atomic E-state index is 12.0. The zero-order chi connectivity index (χ0) is 15.4. The molecule has 7 heteroatoms. The highest BCUT2D eigenvalue weighted by Crippen LogP contribution is 2.16. The molecule has 1 aliphatic heterocycles. The molecule has 2 unspecified atom stereocenters. The molecule has 0 radical (unpaired) electrons. The maximum absolute atomic E-state index is 12.0. The Hall–Kier alpha value is -2.15. The third-order valence-electron chi connectivity index (χ3n) is 3.95. The third-order valence-corrected chi connectivity index (χ3v) is 3.95. The van der Waals surface area contributed by atoms with Crippen molar-refractivity contribution in [1.29, 1.82) is 0 Å². The summed E-state index contributed by atoms with van der Waals surface area (Å²) in [5, 5.41) is 10.3. The van der Waals surface area contributed by atoms with Crippen LogP contribution in [0.1, 0.15) is 25.7 Å². The number of hydrogen-bond acceptors (Lipinski definition) is 6. The molecule has 2 aromatic heterocycles. The molecule has 2 N–H and O–H groups in total. The molecule has 0 spiro atoms. The van der Waals surface area contributed by atoms with E-state index in [1.165, 1.54) is 0 Å². The Kier molecular flexibility index (Phi) is 4.53. The van der Waals surface area contributed by atoms with Crippen molar-refractivity contribution in [2.45, 2.75) is 32.2 Å². The van der Waals surface area contributed by atoms with Crippen LogP contribution in [0.15, 0.2) is 27.5 Å². The minimum atomic E-state index is 0.0295. The summed E-state index contributed by atoms with van der Waals surface area (Å²) in [7, 11) is 0. The number of piperidine rings is 1. The Morgan fingerprint density at radius 2 is 2.45 bits per heavy atom. The Labute approximate surface area is 128 Å². The van der Waals surface area contributed by atoms with Gasteiger partial charge in [-0.25, -0.2) is 0 Å². The molecule has 1 saturated heterocycles. The van der Waals surface area contributed by atoms with Gasteiger partial charge in [-0.3, -0.25) is 4.79 Å². The van der Waals surface area contributed by atoms with Crippen LogP contribution in [0, 0.1) is 5.92 Å². The predicted octanol–water partition coefficient (Wildman–Crippen LogP) is 1.38. The highest BCUT2D eigenvalue weighted by atomic mass is 16.5. The number of rotatable bonds is 5. The number of aromatic nitrogens is 2. The predicted molar refractivity (Wildman–Crippen MR) is 78.9 cm³/mol. The fraction of sp³-hybridized carbons (Fsp3) is 0.533. The zero-order valence-corrected chi connectivity index (χ0v) is 12.5. The van der Waals surface area contributed by atoms with Crippen LogP contribution in [0.2, 0.25) is 0 Å². The van der Waals surface area contributed by atoms with Gasteiger partial charge in [0.15, 0.2) is 0 Å². The topological polar surface area (TPSA) is 93.2 Å². The van der Waals surface area contributed by atoms with Gasteiger partial charge in [0.05, 0.1) is 11.8 Å². The average molecular weight is 304 g/mol. The molecule has 0 aliphatic carbocycles. The van der Waals surface area contributed by atoms with Gasteiger partial charge in [-0.05, 0) is 31.5 Å². The fourth-order valence-corrected chi connectivity index (χ4v) is 2.59. The van der Waals surface area contributed by atoms with Crippen molar-refractivity contribution in [3.63, 3.8) is 0 Å². The van der Waals surface area contributed by atoms with E-state index in [1.807, 2.05) is 0 Å². The number of nitrogens with one attached hydrogen (secondary N) is 2. The Balaban J connectivity index is 1.49. The Morgan fingerprint density at radius 3 is 3.23 bits per heavy atom. The lowest BCUT2D eigenvalue weighted by atomic mass is 9.95. The number of aryl methyl sites for hydroxylation is 1. The van der Waals surface area contributed by atoms with Gasteiger partial charge in [0.2, 0.25) is 17.6 Å². The molecule has 2 atom stereocenters. The summed E-state index contributed by atoms with van der Waals surface area (Å²) < 4.78 is 10.1. The van der Waals surface area contributed by atoms with E-state index in [2.05, 4.69) is 27.7 Å².